The van der Waals surface area contributed by atoms with Gasteiger partial charge in [0.05, 0.1) is 6.61 Å². The number of hydrogen-bond acceptors (Lipinski definition) is 2. The number of aromatic nitrogens is 1. The fourth-order valence-corrected chi connectivity index (χ4v) is 2.51. The van der Waals surface area contributed by atoms with Gasteiger partial charge in [0.1, 0.15) is 11.5 Å². The molecular formula is C19H16FNO2. The Bertz CT molecular complexity index is 807. The van der Waals surface area contributed by atoms with Crippen LogP contribution < -0.4 is 0 Å². The summed E-state index contributed by atoms with van der Waals surface area (Å²) in [6.07, 6.45) is 1.17. The molecule has 0 radical (unpaired) electrons. The van der Waals surface area contributed by atoms with E-state index in [0.717, 1.165) is 11.1 Å². The summed E-state index contributed by atoms with van der Waals surface area (Å²) in [5, 5.41) is 0. The summed E-state index contributed by atoms with van der Waals surface area (Å²) < 4.78 is 19.0. The minimum atomic E-state index is -0.557. The Kier molecular flexibility index (Phi) is 4.24. The number of esters is 1. The minimum absolute atomic E-state index is 0.136. The van der Waals surface area contributed by atoms with Crippen LogP contribution in [0.2, 0.25) is 0 Å². The molecule has 0 saturated carbocycles. The minimum Gasteiger partial charge on any atom is -0.461 e. The van der Waals surface area contributed by atoms with E-state index in [0.29, 0.717) is 5.56 Å². The van der Waals surface area contributed by atoms with Crippen LogP contribution in [0.15, 0.2) is 60.8 Å². The molecule has 3 rings (SSSR count). The zero-order valence-corrected chi connectivity index (χ0v) is 12.7. The molecule has 3 nitrogen and oxygen atoms in total. The third-order valence-electron chi connectivity index (χ3n) is 3.59. The molecule has 1 N–H and O–H groups in total. The van der Waals surface area contributed by atoms with Crippen LogP contribution in [0.5, 0.6) is 0 Å². The molecule has 4 heteroatoms. The van der Waals surface area contributed by atoms with Crippen LogP contribution in [-0.4, -0.2) is 17.6 Å². The van der Waals surface area contributed by atoms with E-state index in [1.807, 2.05) is 42.5 Å². The lowest BCUT2D eigenvalue weighted by atomic mass is 10.0. The van der Waals surface area contributed by atoms with E-state index >= 15 is 0 Å². The van der Waals surface area contributed by atoms with E-state index in [2.05, 4.69) is 4.98 Å². The van der Waals surface area contributed by atoms with E-state index in [9.17, 15) is 9.18 Å². The first-order chi connectivity index (χ1) is 11.2. The standard InChI is InChI=1S/C19H16FNO2/c1-2-23-19(22)18-17(16(20)12-21-18)15-10-8-14(9-11-15)13-6-4-3-5-7-13/h3-12,21H,2H2,1H3. The lowest BCUT2D eigenvalue weighted by molar-refractivity contribution is 0.0521. The van der Waals surface area contributed by atoms with Crippen molar-refractivity contribution < 1.29 is 13.9 Å². The Hall–Kier alpha value is -2.88. The number of halogens is 1. The topological polar surface area (TPSA) is 42.1 Å². The Balaban J connectivity index is 1.97. The highest BCUT2D eigenvalue weighted by Crippen LogP contribution is 2.29. The number of hydrogen-bond donors (Lipinski definition) is 1. The SMILES string of the molecule is CCOC(=O)c1[nH]cc(F)c1-c1ccc(-c2ccccc2)cc1. The van der Waals surface area contributed by atoms with Gasteiger partial charge in [-0.25, -0.2) is 9.18 Å². The van der Waals surface area contributed by atoms with Crippen molar-refractivity contribution in [1.82, 2.24) is 4.98 Å². The predicted molar refractivity (Wildman–Crippen MR) is 87.6 cm³/mol. The second-order valence-corrected chi connectivity index (χ2v) is 5.05. The van der Waals surface area contributed by atoms with Crippen molar-refractivity contribution >= 4 is 5.97 Å². The van der Waals surface area contributed by atoms with Crippen LogP contribution >= 0.6 is 0 Å². The predicted octanol–water partition coefficient (Wildman–Crippen LogP) is 4.66. The summed E-state index contributed by atoms with van der Waals surface area (Å²) in [7, 11) is 0. The summed E-state index contributed by atoms with van der Waals surface area (Å²) in [6.45, 7) is 1.96. The van der Waals surface area contributed by atoms with Crippen LogP contribution in [0.3, 0.4) is 0 Å². The summed E-state index contributed by atoms with van der Waals surface area (Å²) in [4.78, 5) is 14.6. The molecule has 0 spiro atoms. The number of H-pyrrole nitrogens is 1. The van der Waals surface area contributed by atoms with E-state index in [1.54, 1.807) is 19.1 Å². The van der Waals surface area contributed by atoms with Gasteiger partial charge in [0, 0.05) is 11.8 Å². The van der Waals surface area contributed by atoms with Crippen molar-refractivity contribution in [1.29, 1.82) is 0 Å². The summed E-state index contributed by atoms with van der Waals surface area (Å²) in [6, 6.07) is 17.3. The van der Waals surface area contributed by atoms with E-state index in [4.69, 9.17) is 4.74 Å². The highest BCUT2D eigenvalue weighted by Gasteiger charge is 2.20. The Morgan fingerprint density at radius 2 is 1.61 bits per heavy atom. The fourth-order valence-electron chi connectivity index (χ4n) is 2.51. The quantitative estimate of drug-likeness (QED) is 0.712. The molecule has 0 amide bonds. The van der Waals surface area contributed by atoms with Gasteiger partial charge in [-0.3, -0.25) is 0 Å². The molecule has 3 aromatic rings. The molecular weight excluding hydrogens is 293 g/mol. The molecule has 0 unspecified atom stereocenters. The molecule has 2 aromatic carbocycles. The first kappa shape index (κ1) is 15.0. The molecule has 0 fully saturated rings. The first-order valence-corrected chi connectivity index (χ1v) is 7.40. The maximum atomic E-state index is 14.1. The number of nitrogens with one attached hydrogen (secondary N) is 1. The smallest absolute Gasteiger partial charge is 0.355 e. The molecule has 1 aromatic heterocycles. The number of carbonyl (C=O) groups is 1. The van der Waals surface area contributed by atoms with Gasteiger partial charge in [0.25, 0.3) is 0 Å². The monoisotopic (exact) mass is 309 g/mol. The Morgan fingerprint density at radius 3 is 2.26 bits per heavy atom. The molecule has 23 heavy (non-hydrogen) atoms. The van der Waals surface area contributed by atoms with Crippen molar-refractivity contribution in [2.24, 2.45) is 0 Å². The second kappa shape index (κ2) is 6.48. The van der Waals surface area contributed by atoms with Gasteiger partial charge < -0.3 is 9.72 Å². The number of carbonyl (C=O) groups excluding carboxylic acids is 1. The first-order valence-electron chi connectivity index (χ1n) is 7.40. The van der Waals surface area contributed by atoms with Crippen molar-refractivity contribution in [2.45, 2.75) is 6.92 Å². The zero-order chi connectivity index (χ0) is 16.2. The van der Waals surface area contributed by atoms with Gasteiger partial charge in [-0.05, 0) is 23.6 Å². The molecule has 1 heterocycles. The largest absolute Gasteiger partial charge is 0.461 e. The van der Waals surface area contributed by atoms with Gasteiger partial charge in [-0.1, -0.05) is 54.6 Å². The highest BCUT2D eigenvalue weighted by atomic mass is 19.1. The van der Waals surface area contributed by atoms with E-state index in [1.165, 1.54) is 6.20 Å². The average Bonchev–Trinajstić information content (AvgIpc) is 2.98. The molecule has 0 saturated heterocycles. The Labute approximate surface area is 133 Å². The van der Waals surface area contributed by atoms with E-state index < -0.39 is 11.8 Å². The fraction of sp³-hybridized carbons (Fsp3) is 0.105. The van der Waals surface area contributed by atoms with Crippen molar-refractivity contribution in [3.8, 4) is 22.3 Å². The number of aromatic amines is 1. The third kappa shape index (κ3) is 3.01. The molecule has 0 aliphatic rings. The van der Waals surface area contributed by atoms with Crippen LogP contribution in [0.25, 0.3) is 22.3 Å². The molecule has 0 aliphatic carbocycles. The molecule has 116 valence electrons. The normalized spacial score (nSPS) is 10.5. The van der Waals surface area contributed by atoms with Crippen LogP contribution in [-0.2, 0) is 4.74 Å². The maximum Gasteiger partial charge on any atom is 0.355 e. The maximum absolute atomic E-state index is 14.1. The number of benzene rings is 2. The van der Waals surface area contributed by atoms with Gasteiger partial charge in [-0.2, -0.15) is 0 Å². The molecule has 0 atom stereocenters. The average molecular weight is 309 g/mol. The molecule has 0 aliphatic heterocycles. The van der Waals surface area contributed by atoms with Crippen molar-refractivity contribution in [3.05, 3.63) is 72.3 Å². The van der Waals surface area contributed by atoms with Crippen molar-refractivity contribution in [3.63, 3.8) is 0 Å². The Morgan fingerprint density at radius 1 is 1.00 bits per heavy atom. The summed E-state index contributed by atoms with van der Waals surface area (Å²) in [5.74, 6) is -1.03. The van der Waals surface area contributed by atoms with E-state index in [-0.39, 0.29) is 17.9 Å². The second-order valence-electron chi connectivity index (χ2n) is 5.05. The summed E-state index contributed by atoms with van der Waals surface area (Å²) >= 11 is 0. The van der Waals surface area contributed by atoms with Gasteiger partial charge in [0.2, 0.25) is 0 Å². The van der Waals surface area contributed by atoms with Gasteiger partial charge >= 0.3 is 5.97 Å². The highest BCUT2D eigenvalue weighted by molar-refractivity contribution is 5.96. The van der Waals surface area contributed by atoms with Crippen LogP contribution in [0.4, 0.5) is 4.39 Å². The van der Waals surface area contributed by atoms with Gasteiger partial charge in [-0.15, -0.1) is 0 Å². The lowest BCUT2D eigenvalue weighted by Gasteiger charge is -2.06. The van der Waals surface area contributed by atoms with Crippen LogP contribution in [0, 0.1) is 5.82 Å². The zero-order valence-electron chi connectivity index (χ0n) is 12.7. The number of ether oxygens (including phenoxy) is 1. The van der Waals surface area contributed by atoms with Crippen LogP contribution in [0.1, 0.15) is 17.4 Å². The van der Waals surface area contributed by atoms with Gasteiger partial charge in [0.15, 0.2) is 0 Å². The molecule has 0 bridgehead atoms. The summed E-state index contributed by atoms with van der Waals surface area (Å²) in [5.41, 5.74) is 3.12. The lowest BCUT2D eigenvalue weighted by Crippen LogP contribution is -2.06. The third-order valence-corrected chi connectivity index (χ3v) is 3.59. The van der Waals surface area contributed by atoms with Crippen molar-refractivity contribution in [2.75, 3.05) is 6.61 Å². The number of rotatable bonds is 4.